The van der Waals surface area contributed by atoms with Crippen molar-refractivity contribution < 1.29 is 4.74 Å². The molecule has 1 heterocycles. The van der Waals surface area contributed by atoms with Gasteiger partial charge in [-0.05, 0) is 32.5 Å². The largest absolute Gasteiger partial charge is 0.377 e. The maximum absolute atomic E-state index is 5.14. The van der Waals surface area contributed by atoms with Gasteiger partial charge in [-0.15, -0.1) is 0 Å². The lowest BCUT2D eigenvalue weighted by Gasteiger charge is -2.17. The van der Waals surface area contributed by atoms with Crippen molar-refractivity contribution in [1.82, 2.24) is 14.9 Å². The van der Waals surface area contributed by atoms with E-state index in [2.05, 4.69) is 34.0 Å². The smallest absolute Gasteiger partial charge is 0.135 e. The molecule has 0 unspecified atom stereocenters. The molecule has 5 nitrogen and oxygen atoms in total. The van der Waals surface area contributed by atoms with Crippen molar-refractivity contribution in [2.24, 2.45) is 0 Å². The lowest BCUT2D eigenvalue weighted by Crippen LogP contribution is -2.24. The van der Waals surface area contributed by atoms with Crippen LogP contribution in [0.25, 0.3) is 0 Å². The molecule has 0 radical (unpaired) electrons. The molecule has 0 spiro atoms. The van der Waals surface area contributed by atoms with Crippen molar-refractivity contribution in [3.05, 3.63) is 16.5 Å². The van der Waals surface area contributed by atoms with Crippen molar-refractivity contribution in [3.63, 3.8) is 0 Å². The lowest BCUT2D eigenvalue weighted by molar-refractivity contribution is 0.178. The van der Waals surface area contributed by atoms with Crippen LogP contribution in [0.1, 0.15) is 32.5 Å². The van der Waals surface area contributed by atoms with E-state index in [9.17, 15) is 0 Å². The van der Waals surface area contributed by atoms with E-state index >= 15 is 0 Å². The number of anilines is 1. The molecule has 1 rings (SSSR count). The second kappa shape index (κ2) is 9.85. The highest BCUT2D eigenvalue weighted by atomic mass is 32.1. The van der Waals surface area contributed by atoms with E-state index in [-0.39, 0.29) is 0 Å². The van der Waals surface area contributed by atoms with Crippen molar-refractivity contribution in [3.8, 4) is 0 Å². The Morgan fingerprint density at radius 3 is 2.75 bits per heavy atom. The molecule has 0 aliphatic rings. The van der Waals surface area contributed by atoms with Crippen LogP contribution in [0, 0.1) is 4.64 Å². The highest BCUT2D eigenvalue weighted by molar-refractivity contribution is 7.71. The molecule has 114 valence electrons. The second-order valence-corrected chi connectivity index (χ2v) is 5.09. The number of rotatable bonds is 10. The van der Waals surface area contributed by atoms with Gasteiger partial charge in [-0.2, -0.15) is 0 Å². The number of nitrogens with one attached hydrogen (secondary N) is 2. The van der Waals surface area contributed by atoms with Crippen LogP contribution in [-0.4, -0.2) is 48.2 Å². The first kappa shape index (κ1) is 17.1. The number of hydrogen-bond donors (Lipinski definition) is 2. The standard InChI is InChI=1S/C14H26N4OS/c1-4-18(5-2)9-7-6-8-15-12-10-14(20)17-13(16-12)11-19-3/h10H,4-9,11H2,1-3H3,(H2,15,16,17,20). The summed E-state index contributed by atoms with van der Waals surface area (Å²) in [5, 5.41) is 3.36. The van der Waals surface area contributed by atoms with Crippen molar-refractivity contribution in [2.45, 2.75) is 33.3 Å². The molecule has 0 aliphatic carbocycles. The predicted molar refractivity (Wildman–Crippen MR) is 85.6 cm³/mol. The topological polar surface area (TPSA) is 53.2 Å². The summed E-state index contributed by atoms with van der Waals surface area (Å²) in [6.45, 7) is 9.20. The summed E-state index contributed by atoms with van der Waals surface area (Å²) in [5.41, 5.74) is 0. The van der Waals surface area contributed by atoms with Crippen molar-refractivity contribution in [1.29, 1.82) is 0 Å². The number of aromatic nitrogens is 2. The third-order valence-electron chi connectivity index (χ3n) is 3.18. The number of nitrogens with zero attached hydrogens (tertiary/aromatic N) is 2. The summed E-state index contributed by atoms with van der Waals surface area (Å²) in [4.78, 5) is 9.83. The van der Waals surface area contributed by atoms with Gasteiger partial charge in [0.05, 0.1) is 0 Å². The Morgan fingerprint density at radius 1 is 1.35 bits per heavy atom. The number of ether oxygens (including phenoxy) is 1. The van der Waals surface area contributed by atoms with Gasteiger partial charge in [-0.3, -0.25) is 0 Å². The molecule has 20 heavy (non-hydrogen) atoms. The van der Waals surface area contributed by atoms with Crippen LogP contribution in [0.2, 0.25) is 0 Å². The minimum absolute atomic E-state index is 0.446. The second-order valence-electron chi connectivity index (χ2n) is 4.67. The van der Waals surface area contributed by atoms with Gasteiger partial charge in [-0.25, -0.2) is 4.98 Å². The third kappa shape index (κ3) is 6.45. The summed E-state index contributed by atoms with van der Waals surface area (Å²) in [5.74, 6) is 1.67. The monoisotopic (exact) mass is 298 g/mol. The highest BCUT2D eigenvalue weighted by Crippen LogP contribution is 2.05. The van der Waals surface area contributed by atoms with Gasteiger partial charge in [0.25, 0.3) is 0 Å². The highest BCUT2D eigenvalue weighted by Gasteiger charge is 2.00. The number of hydrogen-bond acceptors (Lipinski definition) is 5. The first-order chi connectivity index (χ1) is 9.69. The summed E-state index contributed by atoms with van der Waals surface area (Å²) >= 11 is 5.14. The molecule has 0 amide bonds. The van der Waals surface area contributed by atoms with E-state index in [4.69, 9.17) is 17.0 Å². The molecule has 2 N–H and O–H groups in total. The first-order valence-corrected chi connectivity index (χ1v) is 7.65. The number of H-pyrrole nitrogens is 1. The van der Waals surface area contributed by atoms with Crippen LogP contribution in [-0.2, 0) is 11.3 Å². The molecule has 0 saturated heterocycles. The number of aromatic amines is 1. The van der Waals surface area contributed by atoms with Crippen LogP contribution in [0.3, 0.4) is 0 Å². The molecule has 0 aliphatic heterocycles. The Kier molecular flexibility index (Phi) is 8.41. The molecule has 0 atom stereocenters. The Labute approximate surface area is 126 Å². The first-order valence-electron chi connectivity index (χ1n) is 7.25. The summed E-state index contributed by atoms with van der Waals surface area (Å²) in [6, 6.07) is 1.85. The van der Waals surface area contributed by atoms with E-state index in [1.807, 2.05) is 6.07 Å². The zero-order valence-corrected chi connectivity index (χ0v) is 13.6. The zero-order chi connectivity index (χ0) is 14.8. The Bertz CT molecular complexity index is 431. The Hall–Kier alpha value is -0.980. The molecular formula is C14H26N4OS. The van der Waals surface area contributed by atoms with Gasteiger partial charge >= 0.3 is 0 Å². The molecule has 1 aromatic heterocycles. The maximum Gasteiger partial charge on any atom is 0.135 e. The summed E-state index contributed by atoms with van der Waals surface area (Å²) < 4.78 is 5.64. The molecule has 0 aromatic carbocycles. The molecule has 0 fully saturated rings. The average molecular weight is 298 g/mol. The number of unbranched alkanes of at least 4 members (excludes halogenated alkanes) is 1. The Balaban J connectivity index is 2.33. The fraction of sp³-hybridized carbons (Fsp3) is 0.714. The molecular weight excluding hydrogens is 272 g/mol. The molecule has 1 aromatic rings. The number of methoxy groups -OCH3 is 1. The SMILES string of the molecule is CCN(CC)CCCCNc1cc(=S)nc(COC)[nH]1. The van der Waals surface area contributed by atoms with Gasteiger partial charge in [-0.1, -0.05) is 26.1 Å². The van der Waals surface area contributed by atoms with Crippen molar-refractivity contribution in [2.75, 3.05) is 38.6 Å². The quantitative estimate of drug-likeness (QED) is 0.514. The van der Waals surface area contributed by atoms with E-state index in [0.717, 1.165) is 44.2 Å². The van der Waals surface area contributed by atoms with Gasteiger partial charge < -0.3 is 19.9 Å². The van der Waals surface area contributed by atoms with E-state index in [1.165, 1.54) is 6.42 Å². The van der Waals surface area contributed by atoms with Crippen LogP contribution >= 0.6 is 12.2 Å². The van der Waals surface area contributed by atoms with Gasteiger partial charge in [0, 0.05) is 19.7 Å². The summed E-state index contributed by atoms with van der Waals surface area (Å²) in [7, 11) is 1.64. The zero-order valence-electron chi connectivity index (χ0n) is 12.7. The van der Waals surface area contributed by atoms with Gasteiger partial charge in [0.2, 0.25) is 0 Å². The van der Waals surface area contributed by atoms with Crippen LogP contribution < -0.4 is 5.32 Å². The van der Waals surface area contributed by atoms with Crippen LogP contribution in [0.15, 0.2) is 6.07 Å². The van der Waals surface area contributed by atoms with E-state index < -0.39 is 0 Å². The third-order valence-corrected chi connectivity index (χ3v) is 3.39. The Morgan fingerprint density at radius 2 is 2.10 bits per heavy atom. The minimum atomic E-state index is 0.446. The van der Waals surface area contributed by atoms with E-state index in [0.29, 0.717) is 11.2 Å². The van der Waals surface area contributed by atoms with Gasteiger partial charge in [0.15, 0.2) is 0 Å². The maximum atomic E-state index is 5.14. The fourth-order valence-electron chi connectivity index (χ4n) is 2.03. The van der Waals surface area contributed by atoms with Gasteiger partial charge in [0.1, 0.15) is 22.9 Å². The van der Waals surface area contributed by atoms with E-state index in [1.54, 1.807) is 7.11 Å². The summed E-state index contributed by atoms with van der Waals surface area (Å²) in [6.07, 6.45) is 2.34. The normalized spacial score (nSPS) is 11.0. The lowest BCUT2D eigenvalue weighted by atomic mass is 10.3. The molecule has 6 heteroatoms. The van der Waals surface area contributed by atoms with Crippen LogP contribution in [0.5, 0.6) is 0 Å². The molecule has 0 bridgehead atoms. The average Bonchev–Trinajstić information content (AvgIpc) is 2.42. The van der Waals surface area contributed by atoms with Crippen LogP contribution in [0.4, 0.5) is 5.82 Å². The minimum Gasteiger partial charge on any atom is -0.377 e. The van der Waals surface area contributed by atoms with Crippen molar-refractivity contribution >= 4 is 18.0 Å². The predicted octanol–water partition coefficient (Wildman–Crippen LogP) is 2.82. The molecule has 0 saturated carbocycles. The fourth-order valence-corrected chi connectivity index (χ4v) is 2.26.